The normalized spacial score (nSPS) is 14.6. The molecule has 0 aliphatic carbocycles. The van der Waals surface area contributed by atoms with Crippen LogP contribution in [0.4, 0.5) is 11.5 Å². The Balaban J connectivity index is 1.65. The van der Waals surface area contributed by atoms with Gasteiger partial charge >= 0.3 is 0 Å². The number of benzene rings is 1. The maximum absolute atomic E-state index is 12.8. The number of nitrogens with one attached hydrogen (secondary N) is 3. The second kappa shape index (κ2) is 8.51. The summed E-state index contributed by atoms with van der Waals surface area (Å²) in [5.41, 5.74) is 4.93. The molecule has 1 aliphatic heterocycles. The molecule has 0 saturated carbocycles. The van der Waals surface area contributed by atoms with E-state index in [4.69, 9.17) is 4.98 Å². The third-order valence-electron chi connectivity index (χ3n) is 6.16. The van der Waals surface area contributed by atoms with E-state index in [0.717, 1.165) is 48.3 Å². The molecule has 7 nitrogen and oxygen atoms in total. The maximum atomic E-state index is 12.8. The van der Waals surface area contributed by atoms with Crippen LogP contribution in [-0.4, -0.2) is 33.0 Å². The van der Waals surface area contributed by atoms with Gasteiger partial charge in [0.05, 0.1) is 11.1 Å². The first-order valence-electron chi connectivity index (χ1n) is 11.0. The van der Waals surface area contributed by atoms with E-state index in [1.807, 2.05) is 25.1 Å². The van der Waals surface area contributed by atoms with Crippen molar-refractivity contribution in [3.63, 3.8) is 0 Å². The van der Waals surface area contributed by atoms with Gasteiger partial charge in [-0.1, -0.05) is 12.1 Å². The molecule has 1 aromatic carbocycles. The van der Waals surface area contributed by atoms with Crippen molar-refractivity contribution in [1.29, 1.82) is 0 Å². The SMILES string of the molecule is Cc1ncc(-c2cc3cc[nH]c(=O)c3c(Nc3cccc(C)c3C3CCNCC3)n2)cn1. The lowest BCUT2D eigenvalue weighted by Gasteiger charge is -2.27. The molecule has 0 spiro atoms. The predicted molar refractivity (Wildman–Crippen MR) is 127 cm³/mol. The van der Waals surface area contributed by atoms with Gasteiger partial charge in [-0.15, -0.1) is 0 Å². The molecular formula is C25H26N6O. The van der Waals surface area contributed by atoms with Crippen molar-refractivity contribution >= 4 is 22.3 Å². The van der Waals surface area contributed by atoms with Crippen LogP contribution < -0.4 is 16.2 Å². The lowest BCUT2D eigenvalue weighted by Crippen LogP contribution is -2.27. The Hall–Kier alpha value is -3.58. The van der Waals surface area contributed by atoms with Crippen molar-refractivity contribution in [2.75, 3.05) is 18.4 Å². The Morgan fingerprint density at radius 3 is 2.62 bits per heavy atom. The molecule has 0 unspecified atom stereocenters. The third-order valence-corrected chi connectivity index (χ3v) is 6.16. The first-order valence-corrected chi connectivity index (χ1v) is 11.0. The summed E-state index contributed by atoms with van der Waals surface area (Å²) in [6.45, 7) is 6.04. The Morgan fingerprint density at radius 1 is 1.06 bits per heavy atom. The molecule has 1 aliphatic rings. The zero-order valence-electron chi connectivity index (χ0n) is 18.3. The third kappa shape index (κ3) is 3.87. The van der Waals surface area contributed by atoms with Gasteiger partial charge in [-0.05, 0) is 80.4 Å². The quantitative estimate of drug-likeness (QED) is 0.452. The molecule has 0 bridgehead atoms. The Kier molecular flexibility index (Phi) is 5.41. The first kappa shape index (κ1) is 20.3. The minimum Gasteiger partial charge on any atom is -0.339 e. The fraction of sp³-hybridized carbons (Fsp3) is 0.280. The number of rotatable bonds is 4. The lowest BCUT2D eigenvalue weighted by atomic mass is 9.86. The Morgan fingerprint density at radius 2 is 1.84 bits per heavy atom. The van der Waals surface area contributed by atoms with Crippen molar-refractivity contribution in [3.8, 4) is 11.3 Å². The number of piperidine rings is 1. The molecule has 4 aromatic rings. The van der Waals surface area contributed by atoms with E-state index in [9.17, 15) is 4.79 Å². The minimum atomic E-state index is -0.166. The van der Waals surface area contributed by atoms with Crippen LogP contribution in [0.25, 0.3) is 22.0 Å². The summed E-state index contributed by atoms with van der Waals surface area (Å²) < 4.78 is 0. The minimum absolute atomic E-state index is 0.166. The molecule has 5 rings (SSSR count). The van der Waals surface area contributed by atoms with Gasteiger partial charge in [-0.3, -0.25) is 4.79 Å². The zero-order valence-corrected chi connectivity index (χ0v) is 18.3. The number of pyridine rings is 2. The molecule has 7 heteroatoms. The number of anilines is 2. The number of hydrogen-bond donors (Lipinski definition) is 3. The molecule has 32 heavy (non-hydrogen) atoms. The zero-order chi connectivity index (χ0) is 22.1. The van der Waals surface area contributed by atoms with Gasteiger partial charge in [0, 0.05) is 29.8 Å². The Labute approximate surface area is 186 Å². The van der Waals surface area contributed by atoms with Crippen LogP contribution >= 0.6 is 0 Å². The summed E-state index contributed by atoms with van der Waals surface area (Å²) in [6.07, 6.45) is 7.38. The van der Waals surface area contributed by atoms with Crippen molar-refractivity contribution < 1.29 is 0 Å². The van der Waals surface area contributed by atoms with E-state index in [1.165, 1.54) is 11.1 Å². The summed E-state index contributed by atoms with van der Waals surface area (Å²) >= 11 is 0. The molecule has 3 aromatic heterocycles. The number of nitrogens with zero attached hydrogens (tertiary/aromatic N) is 3. The Bertz CT molecular complexity index is 1320. The summed E-state index contributed by atoms with van der Waals surface area (Å²) in [5.74, 6) is 1.72. The number of aromatic amines is 1. The largest absolute Gasteiger partial charge is 0.339 e. The van der Waals surface area contributed by atoms with E-state index in [0.29, 0.717) is 22.9 Å². The van der Waals surface area contributed by atoms with Gasteiger partial charge in [-0.2, -0.15) is 0 Å². The highest BCUT2D eigenvalue weighted by atomic mass is 16.1. The summed E-state index contributed by atoms with van der Waals surface area (Å²) in [5, 5.41) is 8.33. The van der Waals surface area contributed by atoms with Crippen LogP contribution in [-0.2, 0) is 0 Å². The molecule has 0 amide bonds. The molecule has 1 saturated heterocycles. The van der Waals surface area contributed by atoms with Crippen molar-refractivity contribution in [2.24, 2.45) is 0 Å². The van der Waals surface area contributed by atoms with E-state index >= 15 is 0 Å². The monoisotopic (exact) mass is 426 g/mol. The standard InChI is InChI=1S/C25H26N6O/c1-15-4-3-5-20(22(15)17-6-9-26-10-7-17)30-24-23-18(8-11-27-25(23)32)12-21(31-24)19-13-28-16(2)29-14-19/h3-5,8,11-14,17,26H,6-7,9-10H2,1-2H3,(H,27,32)(H,30,31). The number of aromatic nitrogens is 4. The second-order valence-corrected chi connectivity index (χ2v) is 8.33. The van der Waals surface area contributed by atoms with E-state index < -0.39 is 0 Å². The van der Waals surface area contributed by atoms with E-state index in [2.05, 4.69) is 44.6 Å². The van der Waals surface area contributed by atoms with Crippen molar-refractivity contribution in [1.82, 2.24) is 25.3 Å². The highest BCUT2D eigenvalue weighted by Crippen LogP contribution is 2.36. The fourth-order valence-corrected chi connectivity index (χ4v) is 4.55. The van der Waals surface area contributed by atoms with Crippen LogP contribution in [0, 0.1) is 13.8 Å². The highest BCUT2D eigenvalue weighted by molar-refractivity contribution is 5.95. The molecule has 3 N–H and O–H groups in total. The average molecular weight is 427 g/mol. The average Bonchev–Trinajstić information content (AvgIpc) is 2.80. The molecule has 1 fully saturated rings. The molecule has 4 heterocycles. The smallest absolute Gasteiger partial charge is 0.259 e. The summed E-state index contributed by atoms with van der Waals surface area (Å²) in [7, 11) is 0. The van der Waals surface area contributed by atoms with Gasteiger partial charge in [0.2, 0.25) is 0 Å². The van der Waals surface area contributed by atoms with Crippen LogP contribution in [0.3, 0.4) is 0 Å². The van der Waals surface area contributed by atoms with Crippen molar-refractivity contribution in [2.45, 2.75) is 32.6 Å². The van der Waals surface area contributed by atoms with Gasteiger partial charge in [0.25, 0.3) is 5.56 Å². The lowest BCUT2D eigenvalue weighted by molar-refractivity contribution is 0.460. The van der Waals surface area contributed by atoms with Crippen LogP contribution in [0.15, 0.2) is 53.7 Å². The van der Waals surface area contributed by atoms with Gasteiger partial charge in [0.15, 0.2) is 0 Å². The molecule has 0 radical (unpaired) electrons. The summed E-state index contributed by atoms with van der Waals surface area (Å²) in [4.78, 5) is 29.0. The van der Waals surface area contributed by atoms with Crippen LogP contribution in [0.2, 0.25) is 0 Å². The van der Waals surface area contributed by atoms with Crippen LogP contribution in [0.5, 0.6) is 0 Å². The number of fused-ring (bicyclic) bond motifs is 1. The fourth-order valence-electron chi connectivity index (χ4n) is 4.55. The summed E-state index contributed by atoms with van der Waals surface area (Å²) in [6, 6.07) is 10.1. The molecule has 0 atom stereocenters. The second-order valence-electron chi connectivity index (χ2n) is 8.33. The predicted octanol–water partition coefficient (Wildman–Crippen LogP) is 4.21. The van der Waals surface area contributed by atoms with Gasteiger partial charge in [0.1, 0.15) is 11.6 Å². The number of aryl methyl sites for hydroxylation is 2. The molecule has 162 valence electrons. The topological polar surface area (TPSA) is 95.6 Å². The number of H-pyrrole nitrogens is 1. The number of hydrogen-bond acceptors (Lipinski definition) is 6. The highest BCUT2D eigenvalue weighted by Gasteiger charge is 2.21. The molecular weight excluding hydrogens is 400 g/mol. The maximum Gasteiger partial charge on any atom is 0.259 e. The van der Waals surface area contributed by atoms with Crippen molar-refractivity contribution in [3.05, 3.63) is 76.2 Å². The van der Waals surface area contributed by atoms with E-state index in [-0.39, 0.29) is 5.56 Å². The van der Waals surface area contributed by atoms with Gasteiger partial charge < -0.3 is 15.6 Å². The van der Waals surface area contributed by atoms with E-state index in [1.54, 1.807) is 18.6 Å². The first-order chi connectivity index (χ1) is 15.6. The van der Waals surface area contributed by atoms with Crippen LogP contribution in [0.1, 0.15) is 35.7 Å². The van der Waals surface area contributed by atoms with Gasteiger partial charge in [-0.25, -0.2) is 15.0 Å².